The van der Waals surface area contributed by atoms with Gasteiger partial charge in [-0.05, 0) is 40.0 Å². The number of rotatable bonds is 3. The minimum atomic E-state index is -4.74. The first-order chi connectivity index (χ1) is 7.37. The zero-order chi connectivity index (χ0) is 12.3. The van der Waals surface area contributed by atoms with Crippen LogP contribution in [0, 0.1) is 0 Å². The van der Waals surface area contributed by atoms with E-state index >= 15 is 0 Å². The molecule has 0 bridgehead atoms. The summed E-state index contributed by atoms with van der Waals surface area (Å²) in [6.07, 6.45) is -3.69. The predicted octanol–water partition coefficient (Wildman–Crippen LogP) is 3.72. The first-order valence-electron chi connectivity index (χ1n) is 4.40. The van der Waals surface area contributed by atoms with Crippen LogP contribution in [0.2, 0.25) is 0 Å². The fourth-order valence-electron chi connectivity index (χ4n) is 1.23. The van der Waals surface area contributed by atoms with Gasteiger partial charge in [-0.3, -0.25) is 4.79 Å². The van der Waals surface area contributed by atoms with Gasteiger partial charge in [-0.25, -0.2) is 0 Å². The number of hydrogen-bond acceptors (Lipinski definition) is 2. The van der Waals surface area contributed by atoms with Crippen LogP contribution >= 0.6 is 15.9 Å². The highest BCUT2D eigenvalue weighted by Crippen LogP contribution is 2.32. The van der Waals surface area contributed by atoms with Crippen LogP contribution < -0.4 is 4.74 Å². The summed E-state index contributed by atoms with van der Waals surface area (Å²) in [6, 6.07) is 2.52. The lowest BCUT2D eigenvalue weighted by atomic mass is 10.1. The molecule has 0 aromatic heterocycles. The fourth-order valence-corrected chi connectivity index (χ4v) is 1.67. The Balaban J connectivity index is 3.16. The van der Waals surface area contributed by atoms with Crippen LogP contribution in [0.5, 0.6) is 5.75 Å². The second-order valence-corrected chi connectivity index (χ2v) is 3.85. The summed E-state index contributed by atoms with van der Waals surface area (Å²) < 4.78 is 40.0. The average molecular weight is 297 g/mol. The Morgan fingerprint density at radius 1 is 1.44 bits per heavy atom. The van der Waals surface area contributed by atoms with Crippen molar-refractivity contribution in [2.45, 2.75) is 19.7 Å². The van der Waals surface area contributed by atoms with Crippen LogP contribution in [0.3, 0.4) is 0 Å². The highest BCUT2D eigenvalue weighted by atomic mass is 79.9. The SMILES string of the molecule is CCc1cc(OC(F)(F)F)c(Br)cc1C=O. The minimum Gasteiger partial charge on any atom is -0.405 e. The Bertz CT molecular complexity index is 402. The summed E-state index contributed by atoms with van der Waals surface area (Å²) in [7, 11) is 0. The molecule has 0 N–H and O–H groups in total. The lowest BCUT2D eigenvalue weighted by molar-refractivity contribution is -0.274. The van der Waals surface area contributed by atoms with Crippen molar-refractivity contribution in [1.29, 1.82) is 0 Å². The van der Waals surface area contributed by atoms with Gasteiger partial charge < -0.3 is 4.74 Å². The third kappa shape index (κ3) is 3.23. The number of ether oxygens (including phenoxy) is 1. The van der Waals surface area contributed by atoms with Crippen molar-refractivity contribution in [3.8, 4) is 5.75 Å². The second-order valence-electron chi connectivity index (χ2n) is 3.00. The molecule has 0 unspecified atom stereocenters. The molecule has 0 aliphatic rings. The van der Waals surface area contributed by atoms with Gasteiger partial charge in [-0.1, -0.05) is 6.92 Å². The van der Waals surface area contributed by atoms with Crippen LogP contribution in [-0.4, -0.2) is 12.6 Å². The molecule has 2 nitrogen and oxygen atoms in total. The Morgan fingerprint density at radius 3 is 2.50 bits per heavy atom. The quantitative estimate of drug-likeness (QED) is 0.795. The summed E-state index contributed by atoms with van der Waals surface area (Å²) in [5, 5.41) is 0. The van der Waals surface area contributed by atoms with Gasteiger partial charge in [-0.2, -0.15) is 0 Å². The number of aldehydes is 1. The van der Waals surface area contributed by atoms with Gasteiger partial charge >= 0.3 is 6.36 Å². The molecular formula is C10H8BrF3O2. The maximum atomic E-state index is 12.0. The van der Waals surface area contributed by atoms with E-state index in [1.165, 1.54) is 12.1 Å². The molecule has 0 radical (unpaired) electrons. The van der Waals surface area contributed by atoms with Crippen molar-refractivity contribution < 1.29 is 22.7 Å². The van der Waals surface area contributed by atoms with Crippen LogP contribution in [-0.2, 0) is 6.42 Å². The number of carbonyl (C=O) groups excluding carboxylic acids is 1. The molecule has 88 valence electrons. The third-order valence-electron chi connectivity index (χ3n) is 1.93. The number of aryl methyl sites for hydroxylation is 1. The highest BCUT2D eigenvalue weighted by Gasteiger charge is 2.32. The normalized spacial score (nSPS) is 11.3. The lowest BCUT2D eigenvalue weighted by Crippen LogP contribution is -2.17. The molecule has 0 heterocycles. The Morgan fingerprint density at radius 2 is 2.06 bits per heavy atom. The van der Waals surface area contributed by atoms with E-state index in [4.69, 9.17) is 0 Å². The number of alkyl halides is 3. The zero-order valence-electron chi connectivity index (χ0n) is 8.27. The van der Waals surface area contributed by atoms with Crippen molar-refractivity contribution in [2.75, 3.05) is 0 Å². The molecule has 16 heavy (non-hydrogen) atoms. The lowest BCUT2D eigenvalue weighted by Gasteiger charge is -2.12. The zero-order valence-corrected chi connectivity index (χ0v) is 9.85. The highest BCUT2D eigenvalue weighted by molar-refractivity contribution is 9.10. The van der Waals surface area contributed by atoms with Gasteiger partial charge in [0.25, 0.3) is 0 Å². The third-order valence-corrected chi connectivity index (χ3v) is 2.55. The Hall–Kier alpha value is -1.04. The largest absolute Gasteiger partial charge is 0.573 e. The van der Waals surface area contributed by atoms with Gasteiger partial charge in [0.1, 0.15) is 12.0 Å². The molecule has 0 saturated carbocycles. The molecule has 0 amide bonds. The standard InChI is InChI=1S/C10H8BrF3O2/c1-2-6-4-9(16-10(12,13)14)8(11)3-7(6)5-15/h3-5H,2H2,1H3. The van der Waals surface area contributed by atoms with Crippen molar-refractivity contribution >= 4 is 22.2 Å². The number of hydrogen-bond donors (Lipinski definition) is 0. The molecule has 0 fully saturated rings. The summed E-state index contributed by atoms with van der Waals surface area (Å²) in [4.78, 5) is 10.7. The molecule has 0 aliphatic carbocycles. The summed E-state index contributed by atoms with van der Waals surface area (Å²) >= 11 is 2.92. The van der Waals surface area contributed by atoms with Gasteiger partial charge in [0, 0.05) is 5.56 Å². The molecule has 0 spiro atoms. The van der Waals surface area contributed by atoms with Gasteiger partial charge in [0.2, 0.25) is 0 Å². The maximum Gasteiger partial charge on any atom is 0.573 e. The summed E-state index contributed by atoms with van der Waals surface area (Å²) in [5.74, 6) is -0.338. The molecule has 0 atom stereocenters. The van der Waals surface area contributed by atoms with E-state index in [9.17, 15) is 18.0 Å². The van der Waals surface area contributed by atoms with E-state index in [1.807, 2.05) is 0 Å². The van der Waals surface area contributed by atoms with Crippen molar-refractivity contribution in [1.82, 2.24) is 0 Å². The molecule has 0 saturated heterocycles. The first-order valence-corrected chi connectivity index (χ1v) is 5.20. The van der Waals surface area contributed by atoms with E-state index in [0.29, 0.717) is 23.8 Å². The minimum absolute atomic E-state index is 0.101. The van der Waals surface area contributed by atoms with Gasteiger partial charge in [0.05, 0.1) is 4.47 Å². The molecule has 6 heteroatoms. The number of carbonyl (C=O) groups is 1. The molecule has 1 aromatic carbocycles. The maximum absolute atomic E-state index is 12.0. The van der Waals surface area contributed by atoms with Gasteiger partial charge in [0.15, 0.2) is 0 Å². The van der Waals surface area contributed by atoms with Crippen molar-refractivity contribution in [3.05, 3.63) is 27.7 Å². The van der Waals surface area contributed by atoms with Crippen LogP contribution in [0.25, 0.3) is 0 Å². The fraction of sp³-hybridized carbons (Fsp3) is 0.300. The van der Waals surface area contributed by atoms with Crippen LogP contribution in [0.4, 0.5) is 13.2 Å². The topological polar surface area (TPSA) is 26.3 Å². The molecular weight excluding hydrogens is 289 g/mol. The summed E-state index contributed by atoms with van der Waals surface area (Å²) in [5.41, 5.74) is 0.862. The van der Waals surface area contributed by atoms with E-state index in [2.05, 4.69) is 20.7 Å². The van der Waals surface area contributed by atoms with Crippen LogP contribution in [0.1, 0.15) is 22.8 Å². The first kappa shape index (κ1) is 13.0. The van der Waals surface area contributed by atoms with E-state index in [-0.39, 0.29) is 10.2 Å². The second kappa shape index (κ2) is 4.86. The molecule has 1 rings (SSSR count). The number of halogens is 4. The van der Waals surface area contributed by atoms with Crippen molar-refractivity contribution in [3.63, 3.8) is 0 Å². The monoisotopic (exact) mass is 296 g/mol. The Labute approximate surface area is 98.5 Å². The van der Waals surface area contributed by atoms with Crippen molar-refractivity contribution in [2.24, 2.45) is 0 Å². The summed E-state index contributed by atoms with van der Waals surface area (Å²) in [6.45, 7) is 1.74. The van der Waals surface area contributed by atoms with E-state index in [0.717, 1.165) is 0 Å². The average Bonchev–Trinajstić information content (AvgIpc) is 2.18. The molecule has 1 aromatic rings. The smallest absolute Gasteiger partial charge is 0.405 e. The molecule has 0 aliphatic heterocycles. The van der Waals surface area contributed by atoms with E-state index in [1.54, 1.807) is 6.92 Å². The van der Waals surface area contributed by atoms with Gasteiger partial charge in [-0.15, -0.1) is 13.2 Å². The predicted molar refractivity (Wildman–Crippen MR) is 55.6 cm³/mol. The van der Waals surface area contributed by atoms with E-state index < -0.39 is 6.36 Å². The Kier molecular flexibility index (Phi) is 3.96. The van der Waals surface area contributed by atoms with Crippen LogP contribution in [0.15, 0.2) is 16.6 Å². The number of benzene rings is 1.